The van der Waals surface area contributed by atoms with Crippen LogP contribution in [0.5, 0.6) is 0 Å². The van der Waals surface area contributed by atoms with E-state index >= 15 is 0 Å². The smallest absolute Gasteiger partial charge is 0.240 e. The lowest BCUT2D eigenvalue weighted by Crippen LogP contribution is -2.49. The minimum Gasteiger partial charge on any atom is -0.351 e. The number of benzene rings is 2. The summed E-state index contributed by atoms with van der Waals surface area (Å²) in [7, 11) is 0. The van der Waals surface area contributed by atoms with E-state index in [1.54, 1.807) is 15.9 Å². The molecule has 1 spiro atoms. The van der Waals surface area contributed by atoms with E-state index in [1.807, 2.05) is 30.3 Å². The molecule has 1 atom stereocenters. The highest BCUT2D eigenvalue weighted by Crippen LogP contribution is 2.47. The summed E-state index contributed by atoms with van der Waals surface area (Å²) in [4.78, 5) is 42.0. The molecule has 0 aromatic heterocycles. The summed E-state index contributed by atoms with van der Waals surface area (Å²) in [6.45, 7) is 3.04. The number of para-hydroxylation sites is 1. The van der Waals surface area contributed by atoms with Crippen LogP contribution in [0.3, 0.4) is 0 Å². The fraction of sp³-hybridized carbons (Fsp3) is 0.375. The highest BCUT2D eigenvalue weighted by Gasteiger charge is 2.56. The first-order chi connectivity index (χ1) is 15.3. The summed E-state index contributed by atoms with van der Waals surface area (Å²) in [5.41, 5.74) is 0.704. The molecule has 0 aliphatic carbocycles. The number of anilines is 1. The fourth-order valence-electron chi connectivity index (χ4n) is 4.84. The van der Waals surface area contributed by atoms with Crippen molar-refractivity contribution < 1.29 is 18.8 Å². The molecule has 32 heavy (non-hydrogen) atoms. The molecular weight excluding hydrogens is 433 g/mol. The second-order valence-corrected chi connectivity index (χ2v) is 8.99. The largest absolute Gasteiger partial charge is 0.351 e. The molecular formula is C24H25ClFN3O3. The van der Waals surface area contributed by atoms with Crippen LogP contribution >= 0.6 is 11.6 Å². The normalized spacial score (nSPS) is 20.0. The average Bonchev–Trinajstić information content (AvgIpc) is 3.04. The van der Waals surface area contributed by atoms with Crippen LogP contribution in [-0.4, -0.2) is 42.3 Å². The molecule has 2 aromatic rings. The third-order valence-corrected chi connectivity index (χ3v) is 6.74. The number of piperidine rings is 1. The van der Waals surface area contributed by atoms with Crippen molar-refractivity contribution in [3.63, 3.8) is 0 Å². The number of hydrogen-bond acceptors (Lipinski definition) is 3. The molecule has 1 N–H and O–H groups in total. The molecule has 2 heterocycles. The third-order valence-electron chi connectivity index (χ3n) is 6.52. The Morgan fingerprint density at radius 3 is 2.47 bits per heavy atom. The van der Waals surface area contributed by atoms with Crippen molar-refractivity contribution in [1.29, 1.82) is 0 Å². The van der Waals surface area contributed by atoms with Gasteiger partial charge in [0.15, 0.2) is 0 Å². The summed E-state index contributed by atoms with van der Waals surface area (Å²) >= 11 is 5.91. The van der Waals surface area contributed by atoms with Gasteiger partial charge < -0.3 is 15.1 Å². The fourth-order valence-corrected chi connectivity index (χ4v) is 5.08. The second-order valence-electron chi connectivity index (χ2n) is 8.56. The van der Waals surface area contributed by atoms with Gasteiger partial charge >= 0.3 is 0 Å². The van der Waals surface area contributed by atoms with E-state index in [-0.39, 0.29) is 29.3 Å². The van der Waals surface area contributed by atoms with Crippen LogP contribution in [0.4, 0.5) is 10.1 Å². The van der Waals surface area contributed by atoms with Crippen molar-refractivity contribution in [2.45, 2.75) is 26.3 Å². The van der Waals surface area contributed by atoms with Gasteiger partial charge in [-0.25, -0.2) is 4.39 Å². The Balaban J connectivity index is 1.58. The van der Waals surface area contributed by atoms with Crippen LogP contribution in [0, 0.1) is 17.2 Å². The average molecular weight is 458 g/mol. The quantitative estimate of drug-likeness (QED) is 0.715. The Labute approximate surface area is 191 Å². The van der Waals surface area contributed by atoms with Gasteiger partial charge in [-0.2, -0.15) is 0 Å². The Hall–Kier alpha value is -2.93. The van der Waals surface area contributed by atoms with Crippen LogP contribution in [0.2, 0.25) is 5.02 Å². The van der Waals surface area contributed by atoms with E-state index in [9.17, 15) is 18.8 Å². The first kappa shape index (κ1) is 22.3. The van der Waals surface area contributed by atoms with Crippen LogP contribution in [0.15, 0.2) is 48.5 Å². The van der Waals surface area contributed by atoms with Gasteiger partial charge in [-0.05, 0) is 48.7 Å². The number of carbonyl (C=O) groups excluding carboxylic acids is 3. The van der Waals surface area contributed by atoms with Crippen molar-refractivity contribution in [3.8, 4) is 0 Å². The zero-order valence-corrected chi connectivity index (χ0v) is 18.6. The van der Waals surface area contributed by atoms with Crippen LogP contribution in [-0.2, 0) is 20.9 Å². The predicted molar refractivity (Wildman–Crippen MR) is 119 cm³/mol. The molecule has 6 nitrogen and oxygen atoms in total. The maximum atomic E-state index is 13.7. The molecule has 168 valence electrons. The molecule has 0 radical (unpaired) electrons. The van der Waals surface area contributed by atoms with Gasteiger partial charge in [-0.1, -0.05) is 29.8 Å². The number of likely N-dealkylation sites (tertiary alicyclic amines) is 1. The lowest BCUT2D eigenvalue weighted by molar-refractivity contribution is -0.138. The van der Waals surface area contributed by atoms with Crippen LogP contribution in [0.25, 0.3) is 0 Å². The predicted octanol–water partition coefficient (Wildman–Crippen LogP) is 3.39. The molecule has 2 aliphatic heterocycles. The Bertz CT molecular complexity index is 1020. The molecule has 0 bridgehead atoms. The van der Waals surface area contributed by atoms with E-state index in [4.69, 9.17) is 11.6 Å². The Kier molecular flexibility index (Phi) is 6.20. The topological polar surface area (TPSA) is 69.7 Å². The van der Waals surface area contributed by atoms with E-state index in [0.29, 0.717) is 38.0 Å². The molecule has 8 heteroatoms. The van der Waals surface area contributed by atoms with Crippen molar-refractivity contribution in [1.82, 2.24) is 10.2 Å². The maximum Gasteiger partial charge on any atom is 0.240 e. The van der Waals surface area contributed by atoms with Gasteiger partial charge in [0, 0.05) is 49.2 Å². The maximum absolute atomic E-state index is 13.7. The number of amides is 3. The summed E-state index contributed by atoms with van der Waals surface area (Å²) in [5.74, 6) is -2.00. The molecule has 2 aromatic carbocycles. The SMILES string of the molecule is CC(=O)N1CCC2(CC1)CN(c1ccccc1)C(=O)C2C(=O)NCc1cc(F)cc(Cl)c1. The lowest BCUT2D eigenvalue weighted by Gasteiger charge is -2.41. The van der Waals surface area contributed by atoms with Gasteiger partial charge in [-0.15, -0.1) is 0 Å². The number of halogens is 2. The van der Waals surface area contributed by atoms with E-state index in [0.717, 1.165) is 5.69 Å². The van der Waals surface area contributed by atoms with Gasteiger partial charge in [0.2, 0.25) is 17.7 Å². The number of nitrogens with zero attached hydrogens (tertiary/aromatic N) is 2. The zero-order chi connectivity index (χ0) is 22.9. The lowest BCUT2D eigenvalue weighted by atomic mass is 9.70. The molecule has 3 amide bonds. The third kappa shape index (κ3) is 4.35. The van der Waals surface area contributed by atoms with Gasteiger partial charge in [0.1, 0.15) is 11.7 Å². The number of rotatable bonds is 4. The van der Waals surface area contributed by atoms with Crippen molar-refractivity contribution in [2.24, 2.45) is 11.3 Å². The van der Waals surface area contributed by atoms with E-state index in [1.165, 1.54) is 19.1 Å². The molecule has 0 saturated carbocycles. The molecule has 1 unspecified atom stereocenters. The first-order valence-electron chi connectivity index (χ1n) is 10.6. The van der Waals surface area contributed by atoms with Gasteiger partial charge in [-0.3, -0.25) is 14.4 Å². The second kappa shape index (κ2) is 8.90. The molecule has 4 rings (SSSR count). The molecule has 2 saturated heterocycles. The van der Waals surface area contributed by atoms with Crippen LogP contribution < -0.4 is 10.2 Å². The Morgan fingerprint density at radius 1 is 1.16 bits per heavy atom. The standard InChI is InChI=1S/C24H25ClFN3O3/c1-16(30)28-9-7-24(8-10-28)15-29(20-5-3-2-4-6-20)23(32)21(24)22(31)27-14-17-11-18(25)13-19(26)12-17/h2-6,11-13,21H,7-10,14-15H2,1H3,(H,27,31). The summed E-state index contributed by atoms with van der Waals surface area (Å²) in [6, 6.07) is 13.4. The minimum absolute atomic E-state index is 0.00641. The molecule has 2 fully saturated rings. The highest BCUT2D eigenvalue weighted by atomic mass is 35.5. The first-order valence-corrected chi connectivity index (χ1v) is 11.0. The number of nitrogens with one attached hydrogen (secondary N) is 1. The van der Waals surface area contributed by atoms with E-state index in [2.05, 4.69) is 5.32 Å². The summed E-state index contributed by atoms with van der Waals surface area (Å²) in [5, 5.41) is 3.06. The summed E-state index contributed by atoms with van der Waals surface area (Å²) in [6.07, 6.45) is 1.12. The highest BCUT2D eigenvalue weighted by molar-refractivity contribution is 6.30. The minimum atomic E-state index is -0.874. The Morgan fingerprint density at radius 2 is 1.84 bits per heavy atom. The van der Waals surface area contributed by atoms with Gasteiger partial charge in [0.25, 0.3) is 0 Å². The van der Waals surface area contributed by atoms with Crippen LogP contribution in [0.1, 0.15) is 25.3 Å². The monoisotopic (exact) mass is 457 g/mol. The molecule has 2 aliphatic rings. The van der Waals surface area contributed by atoms with Crippen molar-refractivity contribution in [3.05, 3.63) is 64.9 Å². The van der Waals surface area contributed by atoms with Crippen molar-refractivity contribution >= 4 is 35.0 Å². The van der Waals surface area contributed by atoms with E-state index < -0.39 is 17.2 Å². The zero-order valence-electron chi connectivity index (χ0n) is 17.8. The van der Waals surface area contributed by atoms with Gasteiger partial charge in [0.05, 0.1) is 0 Å². The summed E-state index contributed by atoms with van der Waals surface area (Å²) < 4.78 is 13.7. The number of hydrogen-bond donors (Lipinski definition) is 1. The number of carbonyl (C=O) groups is 3. The van der Waals surface area contributed by atoms with Crippen molar-refractivity contribution in [2.75, 3.05) is 24.5 Å².